The lowest BCUT2D eigenvalue weighted by atomic mass is 10.1. The zero-order valence-corrected chi connectivity index (χ0v) is 17.9. The SMILES string of the molecule is O=C(NCc1ccc(-c2nc3ccccc3o2)cc1)c1ccc(N2CCCC2)c([N+](=O)[O-])c1. The van der Waals surface area contributed by atoms with Crippen molar-refractivity contribution in [3.63, 3.8) is 0 Å². The molecule has 4 aromatic rings. The summed E-state index contributed by atoms with van der Waals surface area (Å²) in [5.74, 6) is 0.186. The number of nitrogens with one attached hydrogen (secondary N) is 1. The van der Waals surface area contributed by atoms with Gasteiger partial charge < -0.3 is 14.6 Å². The van der Waals surface area contributed by atoms with Crippen molar-refractivity contribution in [2.45, 2.75) is 19.4 Å². The molecule has 0 bridgehead atoms. The van der Waals surface area contributed by atoms with Gasteiger partial charge in [0.05, 0.1) is 4.92 Å². The minimum Gasteiger partial charge on any atom is -0.436 e. The lowest BCUT2D eigenvalue weighted by Gasteiger charge is -2.17. The van der Waals surface area contributed by atoms with E-state index in [0.717, 1.165) is 48.2 Å². The van der Waals surface area contributed by atoms with Gasteiger partial charge in [0.25, 0.3) is 11.6 Å². The fourth-order valence-corrected chi connectivity index (χ4v) is 4.08. The Kier molecular flexibility index (Phi) is 5.48. The average Bonchev–Trinajstić information content (AvgIpc) is 3.52. The predicted octanol–water partition coefficient (Wildman–Crippen LogP) is 4.93. The third-order valence-corrected chi connectivity index (χ3v) is 5.83. The zero-order valence-electron chi connectivity index (χ0n) is 17.9. The lowest BCUT2D eigenvalue weighted by Crippen LogP contribution is -2.23. The molecule has 0 aliphatic carbocycles. The maximum atomic E-state index is 12.6. The summed E-state index contributed by atoms with van der Waals surface area (Å²) in [6.07, 6.45) is 2.04. The van der Waals surface area contributed by atoms with Crippen LogP contribution in [0.2, 0.25) is 0 Å². The summed E-state index contributed by atoms with van der Waals surface area (Å²) < 4.78 is 5.79. The summed E-state index contributed by atoms with van der Waals surface area (Å²) >= 11 is 0. The minimum absolute atomic E-state index is 0.0350. The summed E-state index contributed by atoms with van der Waals surface area (Å²) in [6, 6.07) is 19.8. The molecule has 1 aliphatic heterocycles. The van der Waals surface area contributed by atoms with Crippen LogP contribution < -0.4 is 10.2 Å². The van der Waals surface area contributed by atoms with Crippen molar-refractivity contribution < 1.29 is 14.1 Å². The van der Waals surface area contributed by atoms with Crippen molar-refractivity contribution in [2.75, 3.05) is 18.0 Å². The molecule has 1 aliphatic rings. The number of aromatic nitrogens is 1. The Morgan fingerprint density at radius 2 is 1.82 bits per heavy atom. The third kappa shape index (κ3) is 4.27. The molecule has 0 spiro atoms. The standard InChI is InChI=1S/C25H22N4O4/c30-24(19-11-12-21(22(15-19)29(31)32)28-13-3-4-14-28)26-16-17-7-9-18(10-8-17)25-27-20-5-1-2-6-23(20)33-25/h1-2,5-12,15H,3-4,13-14,16H2,(H,26,30). The topological polar surface area (TPSA) is 102 Å². The molecule has 0 saturated carbocycles. The molecule has 0 unspecified atom stereocenters. The number of nitro groups is 1. The Morgan fingerprint density at radius 3 is 2.55 bits per heavy atom. The molecule has 8 heteroatoms. The van der Waals surface area contributed by atoms with Gasteiger partial charge in [0.1, 0.15) is 11.2 Å². The van der Waals surface area contributed by atoms with E-state index < -0.39 is 4.92 Å². The molecular weight excluding hydrogens is 420 g/mol. The number of oxazole rings is 1. The summed E-state index contributed by atoms with van der Waals surface area (Å²) in [6.45, 7) is 1.90. The number of carbonyl (C=O) groups is 1. The van der Waals surface area contributed by atoms with Gasteiger partial charge in [0, 0.05) is 36.8 Å². The number of fused-ring (bicyclic) bond motifs is 1. The molecule has 166 valence electrons. The van der Waals surface area contributed by atoms with Crippen LogP contribution in [0.3, 0.4) is 0 Å². The van der Waals surface area contributed by atoms with E-state index in [9.17, 15) is 14.9 Å². The van der Waals surface area contributed by atoms with E-state index >= 15 is 0 Å². The molecular formula is C25H22N4O4. The van der Waals surface area contributed by atoms with Crippen LogP contribution in [0.1, 0.15) is 28.8 Å². The molecule has 33 heavy (non-hydrogen) atoms. The van der Waals surface area contributed by atoms with Crippen molar-refractivity contribution in [1.29, 1.82) is 0 Å². The molecule has 1 aromatic heterocycles. The first kappa shape index (κ1) is 20.7. The largest absolute Gasteiger partial charge is 0.436 e. The second kappa shape index (κ2) is 8.74. The number of anilines is 1. The molecule has 2 heterocycles. The van der Waals surface area contributed by atoms with Gasteiger partial charge in [-0.25, -0.2) is 4.98 Å². The van der Waals surface area contributed by atoms with E-state index in [1.807, 2.05) is 53.4 Å². The predicted molar refractivity (Wildman–Crippen MR) is 125 cm³/mol. The quantitative estimate of drug-likeness (QED) is 0.335. The van der Waals surface area contributed by atoms with Crippen LogP contribution in [0.4, 0.5) is 11.4 Å². The first-order chi connectivity index (χ1) is 16.1. The summed E-state index contributed by atoms with van der Waals surface area (Å²) in [5.41, 5.74) is 4.08. The van der Waals surface area contributed by atoms with Crippen LogP contribution in [0, 0.1) is 10.1 Å². The summed E-state index contributed by atoms with van der Waals surface area (Å²) in [4.78, 5) is 30.3. The zero-order chi connectivity index (χ0) is 22.8. The van der Waals surface area contributed by atoms with Crippen molar-refractivity contribution in [3.8, 4) is 11.5 Å². The first-order valence-electron chi connectivity index (χ1n) is 10.8. The molecule has 0 atom stereocenters. The van der Waals surface area contributed by atoms with E-state index in [4.69, 9.17) is 4.42 Å². The highest BCUT2D eigenvalue weighted by Gasteiger charge is 2.23. The normalized spacial score (nSPS) is 13.4. The number of amides is 1. The van der Waals surface area contributed by atoms with Crippen LogP contribution in [0.5, 0.6) is 0 Å². The third-order valence-electron chi connectivity index (χ3n) is 5.83. The van der Waals surface area contributed by atoms with Crippen molar-refractivity contribution in [3.05, 3.63) is 88.0 Å². The van der Waals surface area contributed by atoms with E-state index in [0.29, 0.717) is 18.1 Å². The second-order valence-corrected chi connectivity index (χ2v) is 8.02. The van der Waals surface area contributed by atoms with E-state index in [2.05, 4.69) is 10.3 Å². The molecule has 5 rings (SSSR count). The molecule has 1 amide bonds. The van der Waals surface area contributed by atoms with E-state index in [1.165, 1.54) is 6.07 Å². The Hall–Kier alpha value is -4.20. The maximum absolute atomic E-state index is 12.6. The first-order valence-corrected chi connectivity index (χ1v) is 10.8. The fraction of sp³-hybridized carbons (Fsp3) is 0.200. The molecule has 1 fully saturated rings. The van der Waals surface area contributed by atoms with Crippen LogP contribution in [-0.2, 0) is 6.54 Å². The van der Waals surface area contributed by atoms with Gasteiger partial charge in [-0.05, 0) is 54.8 Å². The van der Waals surface area contributed by atoms with Gasteiger partial charge in [0.2, 0.25) is 5.89 Å². The number of hydrogen-bond donors (Lipinski definition) is 1. The minimum atomic E-state index is -0.421. The fourth-order valence-electron chi connectivity index (χ4n) is 4.08. The van der Waals surface area contributed by atoms with Crippen LogP contribution in [-0.4, -0.2) is 28.9 Å². The smallest absolute Gasteiger partial charge is 0.293 e. The molecule has 0 radical (unpaired) electrons. The Balaban J connectivity index is 1.27. The van der Waals surface area contributed by atoms with Gasteiger partial charge in [-0.15, -0.1) is 0 Å². The van der Waals surface area contributed by atoms with Crippen LogP contribution in [0.15, 0.2) is 71.1 Å². The highest BCUT2D eigenvalue weighted by molar-refractivity contribution is 5.95. The monoisotopic (exact) mass is 442 g/mol. The van der Waals surface area contributed by atoms with Gasteiger partial charge in [-0.1, -0.05) is 24.3 Å². The Bertz CT molecular complexity index is 1290. The van der Waals surface area contributed by atoms with Crippen molar-refractivity contribution in [2.24, 2.45) is 0 Å². The number of hydrogen-bond acceptors (Lipinski definition) is 6. The number of nitrogens with zero attached hydrogens (tertiary/aromatic N) is 3. The van der Waals surface area contributed by atoms with Gasteiger partial charge in [-0.2, -0.15) is 0 Å². The summed E-state index contributed by atoms with van der Waals surface area (Å²) in [7, 11) is 0. The van der Waals surface area contributed by atoms with Crippen LogP contribution in [0.25, 0.3) is 22.6 Å². The maximum Gasteiger partial charge on any atom is 0.293 e. The average molecular weight is 442 g/mol. The van der Waals surface area contributed by atoms with Crippen molar-refractivity contribution >= 4 is 28.4 Å². The number of rotatable bonds is 6. The van der Waals surface area contributed by atoms with Crippen molar-refractivity contribution in [1.82, 2.24) is 10.3 Å². The number of para-hydroxylation sites is 2. The van der Waals surface area contributed by atoms with Gasteiger partial charge in [-0.3, -0.25) is 14.9 Å². The van der Waals surface area contributed by atoms with E-state index in [-0.39, 0.29) is 17.2 Å². The Labute approximate surface area is 190 Å². The highest BCUT2D eigenvalue weighted by atomic mass is 16.6. The number of carbonyl (C=O) groups excluding carboxylic acids is 1. The second-order valence-electron chi connectivity index (χ2n) is 8.02. The summed E-state index contributed by atoms with van der Waals surface area (Å²) in [5, 5.41) is 14.4. The van der Waals surface area contributed by atoms with Crippen LogP contribution >= 0.6 is 0 Å². The molecule has 1 saturated heterocycles. The molecule has 8 nitrogen and oxygen atoms in total. The van der Waals surface area contributed by atoms with Gasteiger partial charge >= 0.3 is 0 Å². The lowest BCUT2D eigenvalue weighted by molar-refractivity contribution is -0.384. The Morgan fingerprint density at radius 1 is 1.06 bits per heavy atom. The van der Waals surface area contributed by atoms with E-state index in [1.54, 1.807) is 12.1 Å². The number of nitro benzene ring substituents is 1. The highest BCUT2D eigenvalue weighted by Crippen LogP contribution is 2.31. The molecule has 1 N–H and O–H groups in total. The van der Waals surface area contributed by atoms with Gasteiger partial charge in [0.15, 0.2) is 5.58 Å². The number of benzene rings is 3. The molecule has 3 aromatic carbocycles.